The van der Waals surface area contributed by atoms with Gasteiger partial charge < -0.3 is 19.1 Å². The van der Waals surface area contributed by atoms with Crippen LogP contribution in [0.5, 0.6) is 11.5 Å². The SMILES string of the molecule is COc1cc(-c2cc(C(=O)O)on2)c(F)cc1OC(C)C. The Bertz CT molecular complexity index is 665. The van der Waals surface area contributed by atoms with Crippen molar-refractivity contribution in [2.45, 2.75) is 20.0 Å². The van der Waals surface area contributed by atoms with E-state index in [2.05, 4.69) is 9.68 Å². The lowest BCUT2D eigenvalue weighted by Crippen LogP contribution is -2.07. The van der Waals surface area contributed by atoms with Crippen molar-refractivity contribution in [3.63, 3.8) is 0 Å². The second-order valence-corrected chi connectivity index (χ2v) is 4.53. The lowest BCUT2D eigenvalue weighted by Gasteiger charge is -2.14. The molecule has 1 N–H and O–H groups in total. The van der Waals surface area contributed by atoms with Gasteiger partial charge in [-0.2, -0.15) is 0 Å². The lowest BCUT2D eigenvalue weighted by molar-refractivity contribution is 0.0652. The summed E-state index contributed by atoms with van der Waals surface area (Å²) in [5.41, 5.74) is 0.138. The van der Waals surface area contributed by atoms with E-state index >= 15 is 0 Å². The Balaban J connectivity index is 2.46. The first kappa shape index (κ1) is 14.8. The van der Waals surface area contributed by atoms with Gasteiger partial charge in [-0.1, -0.05) is 5.16 Å². The van der Waals surface area contributed by atoms with Crippen LogP contribution in [0.1, 0.15) is 24.4 Å². The normalized spacial score (nSPS) is 10.7. The molecule has 2 rings (SSSR count). The van der Waals surface area contributed by atoms with Crippen molar-refractivity contribution in [1.82, 2.24) is 5.16 Å². The van der Waals surface area contributed by atoms with Gasteiger partial charge in [-0.3, -0.25) is 0 Å². The van der Waals surface area contributed by atoms with Crippen LogP contribution in [-0.4, -0.2) is 29.4 Å². The number of ether oxygens (including phenoxy) is 2. The quantitative estimate of drug-likeness (QED) is 0.913. The standard InChI is InChI=1S/C14H14FNO5/c1-7(2)20-12-5-9(15)8(4-11(12)19-3)10-6-13(14(17)18)21-16-10/h4-7H,1-3H3,(H,17,18). The number of aromatic carboxylic acids is 1. The van der Waals surface area contributed by atoms with E-state index in [9.17, 15) is 9.18 Å². The molecule has 6 nitrogen and oxygen atoms in total. The van der Waals surface area contributed by atoms with Gasteiger partial charge >= 0.3 is 5.97 Å². The van der Waals surface area contributed by atoms with Crippen molar-refractivity contribution in [1.29, 1.82) is 0 Å². The number of benzene rings is 1. The predicted molar refractivity (Wildman–Crippen MR) is 71.2 cm³/mol. The number of hydrogen-bond acceptors (Lipinski definition) is 5. The highest BCUT2D eigenvalue weighted by Gasteiger charge is 2.19. The minimum Gasteiger partial charge on any atom is -0.493 e. The highest BCUT2D eigenvalue weighted by atomic mass is 19.1. The van der Waals surface area contributed by atoms with Crippen molar-refractivity contribution in [2.24, 2.45) is 0 Å². The van der Waals surface area contributed by atoms with Gasteiger partial charge in [-0.25, -0.2) is 9.18 Å². The largest absolute Gasteiger partial charge is 0.493 e. The molecule has 0 atom stereocenters. The summed E-state index contributed by atoms with van der Waals surface area (Å²) in [5, 5.41) is 12.3. The van der Waals surface area contributed by atoms with Gasteiger partial charge in [0.05, 0.1) is 13.2 Å². The molecule has 1 aromatic carbocycles. The Morgan fingerprint density at radius 1 is 1.33 bits per heavy atom. The molecular weight excluding hydrogens is 281 g/mol. The van der Waals surface area contributed by atoms with Crippen LogP contribution < -0.4 is 9.47 Å². The Labute approximate surface area is 120 Å². The van der Waals surface area contributed by atoms with Crippen molar-refractivity contribution in [3.05, 3.63) is 29.8 Å². The Kier molecular flexibility index (Phi) is 4.11. The van der Waals surface area contributed by atoms with E-state index in [-0.39, 0.29) is 28.9 Å². The summed E-state index contributed by atoms with van der Waals surface area (Å²) in [7, 11) is 1.43. The van der Waals surface area contributed by atoms with Gasteiger partial charge in [0.2, 0.25) is 5.76 Å². The van der Waals surface area contributed by atoms with Gasteiger partial charge in [0.1, 0.15) is 11.5 Å². The first-order valence-corrected chi connectivity index (χ1v) is 6.17. The highest BCUT2D eigenvalue weighted by Crippen LogP contribution is 2.35. The molecule has 1 aromatic heterocycles. The molecule has 0 spiro atoms. The maximum atomic E-state index is 14.1. The molecule has 112 valence electrons. The Hall–Kier alpha value is -2.57. The van der Waals surface area contributed by atoms with Crippen molar-refractivity contribution in [3.8, 4) is 22.8 Å². The molecule has 0 radical (unpaired) electrons. The second kappa shape index (κ2) is 5.82. The summed E-state index contributed by atoms with van der Waals surface area (Å²) >= 11 is 0. The number of rotatable bonds is 5. The van der Waals surface area contributed by atoms with E-state index in [0.29, 0.717) is 5.75 Å². The molecule has 0 bridgehead atoms. The summed E-state index contributed by atoms with van der Waals surface area (Å²) in [6.45, 7) is 3.62. The highest BCUT2D eigenvalue weighted by molar-refractivity contribution is 5.85. The number of nitrogens with zero attached hydrogens (tertiary/aromatic N) is 1. The number of carboxylic acids is 1. The number of methoxy groups -OCH3 is 1. The number of hydrogen-bond donors (Lipinski definition) is 1. The number of aromatic nitrogens is 1. The molecule has 0 unspecified atom stereocenters. The van der Waals surface area contributed by atoms with Crippen LogP contribution in [0.4, 0.5) is 4.39 Å². The molecule has 0 aliphatic carbocycles. The van der Waals surface area contributed by atoms with E-state index < -0.39 is 11.8 Å². The number of carboxylic acid groups (broad SMARTS) is 1. The summed E-state index contributed by atoms with van der Waals surface area (Å²) in [6.07, 6.45) is -0.144. The number of halogens is 1. The maximum Gasteiger partial charge on any atom is 0.374 e. The first-order chi connectivity index (χ1) is 9.92. The third-order valence-corrected chi connectivity index (χ3v) is 2.61. The van der Waals surface area contributed by atoms with E-state index in [1.807, 2.05) is 13.8 Å². The zero-order chi connectivity index (χ0) is 15.6. The van der Waals surface area contributed by atoms with Gasteiger partial charge in [0, 0.05) is 17.7 Å². The van der Waals surface area contributed by atoms with E-state index in [4.69, 9.17) is 14.6 Å². The Morgan fingerprint density at radius 3 is 2.57 bits per heavy atom. The topological polar surface area (TPSA) is 81.8 Å². The Morgan fingerprint density at radius 2 is 2.05 bits per heavy atom. The van der Waals surface area contributed by atoms with Crippen molar-refractivity contribution < 1.29 is 28.3 Å². The zero-order valence-electron chi connectivity index (χ0n) is 11.7. The molecule has 2 aromatic rings. The molecule has 7 heteroatoms. The summed E-state index contributed by atoms with van der Waals surface area (Å²) in [5.74, 6) is -1.68. The summed E-state index contributed by atoms with van der Waals surface area (Å²) in [4.78, 5) is 10.8. The molecule has 0 saturated carbocycles. The average molecular weight is 295 g/mol. The lowest BCUT2D eigenvalue weighted by atomic mass is 10.1. The van der Waals surface area contributed by atoms with Gasteiger partial charge in [-0.15, -0.1) is 0 Å². The molecule has 0 saturated heterocycles. The van der Waals surface area contributed by atoms with Crippen molar-refractivity contribution >= 4 is 5.97 Å². The number of carbonyl (C=O) groups is 1. The third kappa shape index (κ3) is 3.13. The smallest absolute Gasteiger partial charge is 0.374 e. The van der Waals surface area contributed by atoms with Crippen LogP contribution in [0.15, 0.2) is 22.7 Å². The van der Waals surface area contributed by atoms with Crippen LogP contribution in [0, 0.1) is 5.82 Å². The van der Waals surface area contributed by atoms with Crippen molar-refractivity contribution in [2.75, 3.05) is 7.11 Å². The van der Waals surface area contributed by atoms with E-state index in [1.165, 1.54) is 19.2 Å². The molecule has 0 amide bonds. The fraction of sp³-hybridized carbons (Fsp3) is 0.286. The molecule has 21 heavy (non-hydrogen) atoms. The van der Waals surface area contributed by atoms with Crippen LogP contribution >= 0.6 is 0 Å². The first-order valence-electron chi connectivity index (χ1n) is 6.17. The minimum absolute atomic E-state index is 0.0687. The minimum atomic E-state index is -1.28. The monoisotopic (exact) mass is 295 g/mol. The van der Waals surface area contributed by atoms with Gasteiger partial charge in [0.25, 0.3) is 0 Å². The van der Waals surface area contributed by atoms with E-state index in [1.54, 1.807) is 0 Å². The third-order valence-electron chi connectivity index (χ3n) is 2.61. The van der Waals surface area contributed by atoms with Crippen LogP contribution in [0.25, 0.3) is 11.3 Å². The van der Waals surface area contributed by atoms with E-state index in [0.717, 1.165) is 6.07 Å². The van der Waals surface area contributed by atoms with Crippen LogP contribution in [0.2, 0.25) is 0 Å². The van der Waals surface area contributed by atoms with Gasteiger partial charge in [-0.05, 0) is 19.9 Å². The molecule has 0 aliphatic heterocycles. The fourth-order valence-corrected chi connectivity index (χ4v) is 1.74. The molecule has 0 aliphatic rings. The summed E-state index contributed by atoms with van der Waals surface area (Å²) in [6, 6.07) is 3.70. The molecular formula is C14H14FNO5. The van der Waals surface area contributed by atoms with Crippen LogP contribution in [-0.2, 0) is 0 Å². The average Bonchev–Trinajstić information content (AvgIpc) is 2.88. The second-order valence-electron chi connectivity index (χ2n) is 4.53. The molecule has 0 fully saturated rings. The fourth-order valence-electron chi connectivity index (χ4n) is 1.74. The van der Waals surface area contributed by atoms with Crippen LogP contribution in [0.3, 0.4) is 0 Å². The molecule has 1 heterocycles. The summed E-state index contributed by atoms with van der Waals surface area (Å²) < 4.78 is 29.4. The zero-order valence-corrected chi connectivity index (χ0v) is 11.7. The van der Waals surface area contributed by atoms with Gasteiger partial charge in [0.15, 0.2) is 11.5 Å². The maximum absolute atomic E-state index is 14.1. The predicted octanol–water partition coefficient (Wildman–Crippen LogP) is 2.97.